The van der Waals surface area contributed by atoms with E-state index in [1.165, 1.54) is 58.3 Å². The van der Waals surface area contributed by atoms with Gasteiger partial charge in [-0.2, -0.15) is 0 Å². The van der Waals surface area contributed by atoms with Crippen LogP contribution in [0.15, 0.2) is 0 Å². The number of nitrogens with one attached hydrogen (secondary N) is 1. The van der Waals surface area contributed by atoms with Crippen LogP contribution in [0.2, 0.25) is 0 Å². The fraction of sp³-hybridized carbons (Fsp3) is 1.00. The van der Waals surface area contributed by atoms with Crippen LogP contribution in [0, 0.1) is 17.8 Å². The molecule has 1 saturated carbocycles. The van der Waals surface area contributed by atoms with Crippen LogP contribution in [0.3, 0.4) is 0 Å². The Kier molecular flexibility index (Phi) is 8.79. The Hall–Kier alpha value is -0.0800. The highest BCUT2D eigenvalue weighted by atomic mass is 15.1. The monoisotopic (exact) mass is 282 g/mol. The highest BCUT2D eigenvalue weighted by Gasteiger charge is 2.29. The van der Waals surface area contributed by atoms with E-state index >= 15 is 0 Å². The smallest absolute Gasteiger partial charge is 0.0108 e. The fourth-order valence-electron chi connectivity index (χ4n) is 4.03. The Morgan fingerprint density at radius 3 is 2.10 bits per heavy atom. The summed E-state index contributed by atoms with van der Waals surface area (Å²) in [5.41, 5.74) is 0. The first-order valence-corrected chi connectivity index (χ1v) is 9.06. The van der Waals surface area contributed by atoms with Gasteiger partial charge in [-0.15, -0.1) is 0 Å². The van der Waals surface area contributed by atoms with Crippen molar-refractivity contribution in [3.05, 3.63) is 0 Å². The minimum absolute atomic E-state index is 0.737. The van der Waals surface area contributed by atoms with Crippen LogP contribution in [0.4, 0.5) is 0 Å². The molecule has 0 radical (unpaired) electrons. The van der Waals surface area contributed by atoms with Crippen LogP contribution in [0.25, 0.3) is 0 Å². The molecule has 2 heteroatoms. The minimum Gasteiger partial charge on any atom is -0.314 e. The zero-order valence-corrected chi connectivity index (χ0v) is 14.6. The van der Waals surface area contributed by atoms with E-state index < -0.39 is 0 Å². The summed E-state index contributed by atoms with van der Waals surface area (Å²) < 4.78 is 0. The molecule has 1 N–H and O–H groups in total. The summed E-state index contributed by atoms with van der Waals surface area (Å²) in [5, 5.41) is 3.86. The van der Waals surface area contributed by atoms with Crippen molar-refractivity contribution in [2.24, 2.45) is 17.8 Å². The first kappa shape index (κ1) is 18.0. The van der Waals surface area contributed by atoms with Gasteiger partial charge in [0.2, 0.25) is 0 Å². The summed E-state index contributed by atoms with van der Waals surface area (Å²) in [7, 11) is 0. The molecule has 2 nitrogen and oxygen atoms in total. The molecule has 0 aromatic heterocycles. The molecule has 0 saturated heterocycles. The molecule has 0 heterocycles. The van der Waals surface area contributed by atoms with E-state index in [1.54, 1.807) is 0 Å². The van der Waals surface area contributed by atoms with E-state index in [2.05, 4.69) is 44.8 Å². The maximum Gasteiger partial charge on any atom is 0.0108 e. The third kappa shape index (κ3) is 6.13. The highest BCUT2D eigenvalue weighted by molar-refractivity contribution is 4.84. The normalized spacial score (nSPS) is 28.8. The summed E-state index contributed by atoms with van der Waals surface area (Å²) in [6.07, 6.45) is 6.88. The molecule has 1 fully saturated rings. The summed E-state index contributed by atoms with van der Waals surface area (Å²) in [5.74, 6) is 2.74. The third-order valence-corrected chi connectivity index (χ3v) is 5.09. The van der Waals surface area contributed by atoms with Crippen LogP contribution in [-0.2, 0) is 0 Å². The zero-order valence-electron chi connectivity index (χ0n) is 14.6. The van der Waals surface area contributed by atoms with Crippen LogP contribution in [-0.4, -0.2) is 37.1 Å². The standard InChI is InChI=1S/C18H38N2/c1-6-10-19-18(9-11-20(7-2)8-3)17-13-15(4)12-16(5)14-17/h15-19H,6-14H2,1-5H3. The molecule has 1 aliphatic carbocycles. The lowest BCUT2D eigenvalue weighted by Crippen LogP contribution is -2.42. The first-order valence-electron chi connectivity index (χ1n) is 9.06. The summed E-state index contributed by atoms with van der Waals surface area (Å²) in [6, 6.07) is 0.737. The quantitative estimate of drug-likeness (QED) is 0.683. The molecule has 3 unspecified atom stereocenters. The van der Waals surface area contributed by atoms with Gasteiger partial charge >= 0.3 is 0 Å². The maximum absolute atomic E-state index is 3.86. The van der Waals surface area contributed by atoms with Gasteiger partial charge < -0.3 is 10.2 Å². The van der Waals surface area contributed by atoms with Crippen molar-refractivity contribution in [2.45, 2.75) is 72.8 Å². The van der Waals surface area contributed by atoms with E-state index in [1.807, 2.05) is 0 Å². The zero-order chi connectivity index (χ0) is 15.0. The predicted octanol–water partition coefficient (Wildman–Crippen LogP) is 4.16. The first-order chi connectivity index (χ1) is 9.60. The van der Waals surface area contributed by atoms with E-state index in [9.17, 15) is 0 Å². The van der Waals surface area contributed by atoms with Gasteiger partial charge in [-0.1, -0.05) is 34.6 Å². The largest absolute Gasteiger partial charge is 0.314 e. The average molecular weight is 283 g/mol. The maximum atomic E-state index is 3.86. The molecule has 0 aromatic rings. The Balaban J connectivity index is 2.53. The van der Waals surface area contributed by atoms with Crippen molar-refractivity contribution in [3.8, 4) is 0 Å². The molecule has 1 rings (SSSR count). The van der Waals surface area contributed by atoms with Crippen molar-refractivity contribution in [1.82, 2.24) is 10.2 Å². The molecule has 3 atom stereocenters. The molecule has 0 aliphatic heterocycles. The van der Waals surface area contributed by atoms with Crippen LogP contribution >= 0.6 is 0 Å². The summed E-state index contributed by atoms with van der Waals surface area (Å²) >= 11 is 0. The Morgan fingerprint density at radius 2 is 1.60 bits per heavy atom. The van der Waals surface area contributed by atoms with Gasteiger partial charge in [0.25, 0.3) is 0 Å². The Bertz CT molecular complexity index is 228. The number of hydrogen-bond acceptors (Lipinski definition) is 2. The second-order valence-corrected chi connectivity index (χ2v) is 7.05. The topological polar surface area (TPSA) is 15.3 Å². The van der Waals surface area contributed by atoms with Gasteiger partial charge in [0.05, 0.1) is 0 Å². The van der Waals surface area contributed by atoms with Crippen molar-refractivity contribution >= 4 is 0 Å². The molecule has 0 bridgehead atoms. The van der Waals surface area contributed by atoms with E-state index in [4.69, 9.17) is 0 Å². The SMILES string of the molecule is CCCNC(CCN(CC)CC)C1CC(C)CC(C)C1. The molecule has 0 amide bonds. The molecule has 0 spiro atoms. The summed E-state index contributed by atoms with van der Waals surface area (Å²) in [4.78, 5) is 2.57. The molecule has 0 aromatic carbocycles. The van der Waals surface area contributed by atoms with Gasteiger partial charge in [0, 0.05) is 6.04 Å². The van der Waals surface area contributed by atoms with Crippen molar-refractivity contribution in [3.63, 3.8) is 0 Å². The average Bonchev–Trinajstić information content (AvgIpc) is 2.42. The lowest BCUT2D eigenvalue weighted by Gasteiger charge is -2.38. The van der Waals surface area contributed by atoms with Gasteiger partial charge in [-0.3, -0.25) is 0 Å². The Morgan fingerprint density at radius 1 is 1.00 bits per heavy atom. The fourth-order valence-corrected chi connectivity index (χ4v) is 4.03. The third-order valence-electron chi connectivity index (χ3n) is 5.09. The van der Waals surface area contributed by atoms with Crippen LogP contribution in [0.1, 0.15) is 66.7 Å². The molecular formula is C18H38N2. The van der Waals surface area contributed by atoms with Crippen LogP contribution < -0.4 is 5.32 Å². The Labute approximate surface area is 127 Å². The molecule has 20 heavy (non-hydrogen) atoms. The van der Waals surface area contributed by atoms with Crippen molar-refractivity contribution in [1.29, 1.82) is 0 Å². The molecule has 1 aliphatic rings. The highest BCUT2D eigenvalue weighted by Crippen LogP contribution is 2.35. The van der Waals surface area contributed by atoms with E-state index in [0.29, 0.717) is 0 Å². The molecular weight excluding hydrogens is 244 g/mol. The van der Waals surface area contributed by atoms with Gasteiger partial charge in [0.15, 0.2) is 0 Å². The lowest BCUT2D eigenvalue weighted by molar-refractivity contribution is 0.160. The van der Waals surface area contributed by atoms with Gasteiger partial charge in [0.1, 0.15) is 0 Å². The second-order valence-electron chi connectivity index (χ2n) is 7.05. The second kappa shape index (κ2) is 9.78. The van der Waals surface area contributed by atoms with Crippen LogP contribution in [0.5, 0.6) is 0 Å². The van der Waals surface area contributed by atoms with E-state index in [0.717, 1.165) is 23.8 Å². The number of nitrogens with zero attached hydrogens (tertiary/aromatic N) is 1. The van der Waals surface area contributed by atoms with Gasteiger partial charge in [-0.05, 0) is 76.0 Å². The van der Waals surface area contributed by atoms with Crippen molar-refractivity contribution in [2.75, 3.05) is 26.2 Å². The summed E-state index contributed by atoms with van der Waals surface area (Å²) in [6.45, 7) is 16.6. The lowest BCUT2D eigenvalue weighted by atomic mass is 9.73. The van der Waals surface area contributed by atoms with Gasteiger partial charge in [-0.25, -0.2) is 0 Å². The van der Waals surface area contributed by atoms with E-state index in [-0.39, 0.29) is 0 Å². The van der Waals surface area contributed by atoms with Crippen molar-refractivity contribution < 1.29 is 0 Å². The number of rotatable bonds is 9. The molecule has 120 valence electrons. The number of hydrogen-bond donors (Lipinski definition) is 1. The predicted molar refractivity (Wildman–Crippen MR) is 90.2 cm³/mol. The minimum atomic E-state index is 0.737.